The number of nitrogens with zero attached hydrogens (tertiary/aromatic N) is 1. The van der Waals surface area contributed by atoms with Gasteiger partial charge in [0.25, 0.3) is 5.91 Å². The molecule has 1 fully saturated rings. The fraction of sp³-hybridized carbons (Fsp3) is 0.481. The maximum atomic E-state index is 13.8. The summed E-state index contributed by atoms with van der Waals surface area (Å²) in [5.41, 5.74) is 0.868. The number of carboxylic acids is 1. The number of morpholine rings is 1. The summed E-state index contributed by atoms with van der Waals surface area (Å²) >= 11 is 12.4. The predicted molar refractivity (Wildman–Crippen MR) is 145 cm³/mol. The molecule has 1 amide bonds. The molecule has 10 heteroatoms. The number of halogens is 2. The summed E-state index contributed by atoms with van der Waals surface area (Å²) in [6.45, 7) is 7.36. The van der Waals surface area contributed by atoms with E-state index >= 15 is 0 Å². The van der Waals surface area contributed by atoms with Gasteiger partial charge in [-0.3, -0.25) is 9.59 Å². The van der Waals surface area contributed by atoms with Crippen LogP contribution in [0.4, 0.5) is 0 Å². The molecule has 0 bridgehead atoms. The smallest absolute Gasteiger partial charge is 0.306 e. The summed E-state index contributed by atoms with van der Waals surface area (Å²) in [4.78, 5) is 27.0. The van der Waals surface area contributed by atoms with Gasteiger partial charge in [0.05, 0.1) is 24.0 Å². The maximum absolute atomic E-state index is 13.8. The van der Waals surface area contributed by atoms with Gasteiger partial charge in [-0.1, -0.05) is 75.2 Å². The lowest BCUT2D eigenvalue weighted by Crippen LogP contribution is -2.56. The zero-order valence-corrected chi connectivity index (χ0v) is 23.7. The summed E-state index contributed by atoms with van der Waals surface area (Å²) in [5.74, 6) is -2.05. The molecule has 2 aromatic rings. The van der Waals surface area contributed by atoms with Gasteiger partial charge in [0.1, 0.15) is 12.2 Å². The van der Waals surface area contributed by atoms with Crippen LogP contribution in [0.1, 0.15) is 63.8 Å². The first-order valence-electron chi connectivity index (χ1n) is 12.1. The van der Waals surface area contributed by atoms with Crippen LogP contribution < -0.4 is 0 Å². The summed E-state index contributed by atoms with van der Waals surface area (Å²) < 4.78 is 32.6. The standard InChI is InChI=1S/C27H33Cl2NO6S/c1-5-21(15-37(34,35)16-27(2,3)4)30-24(17-9-11-19(28)12-10-17)25(18-7-6-8-20(29)13-18)36-22(26(30)33)14-23(31)32/h6-13,21-22,24-25H,5,14-16H2,1-4H3,(H,31,32)/t21-,22?,24?,25+/m0/s1. The van der Waals surface area contributed by atoms with Gasteiger partial charge in [0, 0.05) is 16.1 Å². The highest BCUT2D eigenvalue weighted by Crippen LogP contribution is 2.45. The average molecular weight is 571 g/mol. The van der Waals surface area contributed by atoms with E-state index in [4.69, 9.17) is 27.9 Å². The van der Waals surface area contributed by atoms with Crippen molar-refractivity contribution in [3.8, 4) is 0 Å². The Hall–Kier alpha value is -2.13. The van der Waals surface area contributed by atoms with Crippen LogP contribution in [0.3, 0.4) is 0 Å². The molecule has 0 aliphatic carbocycles. The number of ether oxygens (including phenoxy) is 1. The topological polar surface area (TPSA) is 101 Å². The first kappa shape index (κ1) is 29.4. The quantitative estimate of drug-likeness (QED) is 0.414. The number of benzene rings is 2. The van der Waals surface area contributed by atoms with E-state index in [1.165, 1.54) is 4.90 Å². The Kier molecular flexibility index (Phi) is 9.32. The van der Waals surface area contributed by atoms with Crippen molar-refractivity contribution >= 4 is 44.9 Å². The molecule has 1 N–H and O–H groups in total. The summed E-state index contributed by atoms with van der Waals surface area (Å²) in [5, 5.41) is 10.5. The van der Waals surface area contributed by atoms with E-state index in [0.717, 1.165) is 0 Å². The van der Waals surface area contributed by atoms with Crippen LogP contribution in [0, 0.1) is 5.41 Å². The fourth-order valence-electron chi connectivity index (χ4n) is 4.81. The molecule has 37 heavy (non-hydrogen) atoms. The fourth-order valence-corrected chi connectivity index (χ4v) is 7.55. The Morgan fingerprint density at radius 3 is 2.27 bits per heavy atom. The Bertz CT molecular complexity index is 1230. The van der Waals surface area contributed by atoms with E-state index in [1.807, 2.05) is 27.7 Å². The van der Waals surface area contributed by atoms with Crippen LogP contribution in [0.2, 0.25) is 10.0 Å². The Morgan fingerprint density at radius 2 is 1.73 bits per heavy atom. The largest absolute Gasteiger partial charge is 0.481 e. The highest BCUT2D eigenvalue weighted by molar-refractivity contribution is 7.91. The molecule has 2 unspecified atom stereocenters. The maximum Gasteiger partial charge on any atom is 0.306 e. The lowest BCUT2D eigenvalue weighted by Gasteiger charge is -2.48. The number of carboxylic acid groups (broad SMARTS) is 1. The second-order valence-electron chi connectivity index (χ2n) is 10.6. The summed E-state index contributed by atoms with van der Waals surface area (Å²) in [7, 11) is -3.56. The van der Waals surface area contributed by atoms with Crippen molar-refractivity contribution in [2.45, 2.75) is 64.8 Å². The van der Waals surface area contributed by atoms with Crippen molar-refractivity contribution < 1.29 is 27.9 Å². The third kappa shape index (κ3) is 7.69. The second kappa shape index (κ2) is 11.7. The average Bonchev–Trinajstić information content (AvgIpc) is 2.77. The van der Waals surface area contributed by atoms with Gasteiger partial charge in [-0.15, -0.1) is 0 Å². The lowest BCUT2D eigenvalue weighted by molar-refractivity contribution is -0.182. The SMILES string of the molecule is CC[C@@H](CS(=O)(=O)CC(C)(C)C)N1C(=O)C(CC(=O)O)O[C@H](c2cccc(Cl)c2)C1c1ccc(Cl)cc1. The number of rotatable bonds is 9. The monoisotopic (exact) mass is 569 g/mol. The van der Waals surface area contributed by atoms with Gasteiger partial charge in [-0.25, -0.2) is 8.42 Å². The Labute approximate surface area is 228 Å². The van der Waals surface area contributed by atoms with Crippen LogP contribution in [-0.4, -0.2) is 54.0 Å². The Morgan fingerprint density at radius 1 is 1.08 bits per heavy atom. The third-order valence-corrected chi connectivity index (χ3v) is 8.83. The van der Waals surface area contributed by atoms with Crippen LogP contribution in [0.15, 0.2) is 48.5 Å². The van der Waals surface area contributed by atoms with Gasteiger partial charge in [-0.2, -0.15) is 0 Å². The van der Waals surface area contributed by atoms with E-state index in [0.29, 0.717) is 27.6 Å². The number of amides is 1. The van der Waals surface area contributed by atoms with Gasteiger partial charge < -0.3 is 14.7 Å². The number of carbonyl (C=O) groups is 2. The van der Waals surface area contributed by atoms with E-state index in [1.54, 1.807) is 48.5 Å². The van der Waals surface area contributed by atoms with Crippen LogP contribution in [0.25, 0.3) is 0 Å². The van der Waals surface area contributed by atoms with Crippen molar-refractivity contribution in [2.24, 2.45) is 5.41 Å². The van der Waals surface area contributed by atoms with E-state index in [2.05, 4.69) is 0 Å². The second-order valence-corrected chi connectivity index (χ2v) is 13.6. The minimum atomic E-state index is -3.56. The Balaban J connectivity index is 2.17. The molecular formula is C27H33Cl2NO6S. The zero-order valence-electron chi connectivity index (χ0n) is 21.4. The molecule has 1 heterocycles. The van der Waals surface area contributed by atoms with Gasteiger partial charge in [-0.05, 0) is 47.2 Å². The summed E-state index contributed by atoms with van der Waals surface area (Å²) in [6.07, 6.45) is -2.28. The molecule has 3 rings (SSSR count). The minimum Gasteiger partial charge on any atom is -0.481 e. The number of carbonyl (C=O) groups excluding carboxylic acids is 1. The number of sulfone groups is 1. The van der Waals surface area contributed by atoms with E-state index in [-0.39, 0.29) is 11.5 Å². The summed E-state index contributed by atoms with van der Waals surface area (Å²) in [6, 6.07) is 12.4. The third-order valence-electron chi connectivity index (χ3n) is 6.14. The van der Waals surface area contributed by atoms with Crippen molar-refractivity contribution in [2.75, 3.05) is 11.5 Å². The number of aliphatic carboxylic acids is 1. The number of hydrogen-bond donors (Lipinski definition) is 1. The first-order valence-corrected chi connectivity index (χ1v) is 14.7. The van der Waals surface area contributed by atoms with Crippen molar-refractivity contribution in [1.29, 1.82) is 0 Å². The minimum absolute atomic E-state index is 0.0447. The molecule has 0 aromatic heterocycles. The van der Waals surface area contributed by atoms with Gasteiger partial charge in [0.15, 0.2) is 9.84 Å². The molecule has 0 saturated carbocycles. The molecular weight excluding hydrogens is 537 g/mol. The predicted octanol–water partition coefficient (Wildman–Crippen LogP) is 5.72. The van der Waals surface area contributed by atoms with Crippen molar-refractivity contribution in [1.82, 2.24) is 4.90 Å². The first-order chi connectivity index (χ1) is 17.2. The zero-order chi connectivity index (χ0) is 27.5. The molecule has 4 atom stereocenters. The van der Waals surface area contributed by atoms with Gasteiger partial charge in [0.2, 0.25) is 0 Å². The molecule has 1 aliphatic heterocycles. The molecule has 7 nitrogen and oxygen atoms in total. The molecule has 0 spiro atoms. The molecule has 2 aromatic carbocycles. The lowest BCUT2D eigenvalue weighted by atomic mass is 9.89. The highest BCUT2D eigenvalue weighted by Gasteiger charge is 2.48. The molecule has 202 valence electrons. The highest BCUT2D eigenvalue weighted by atomic mass is 35.5. The molecule has 0 radical (unpaired) electrons. The normalized spacial score (nSPS) is 21.6. The molecule has 1 aliphatic rings. The van der Waals surface area contributed by atoms with Crippen LogP contribution in [0.5, 0.6) is 0 Å². The van der Waals surface area contributed by atoms with Crippen molar-refractivity contribution in [3.63, 3.8) is 0 Å². The number of hydrogen-bond acceptors (Lipinski definition) is 5. The van der Waals surface area contributed by atoms with Crippen molar-refractivity contribution in [3.05, 3.63) is 69.7 Å². The molecule has 1 saturated heterocycles. The van der Waals surface area contributed by atoms with E-state index < -0.39 is 57.8 Å². The van der Waals surface area contributed by atoms with Gasteiger partial charge >= 0.3 is 5.97 Å². The van der Waals surface area contributed by atoms with E-state index in [9.17, 15) is 23.1 Å². The van der Waals surface area contributed by atoms with Crippen LogP contribution in [-0.2, 0) is 24.2 Å². The van der Waals surface area contributed by atoms with Crippen LogP contribution >= 0.6 is 23.2 Å².